The van der Waals surface area contributed by atoms with Crippen LogP contribution in [-0.4, -0.2) is 36.9 Å². The fourth-order valence-corrected chi connectivity index (χ4v) is 1.60. The first-order chi connectivity index (χ1) is 7.36. The third-order valence-electron chi connectivity index (χ3n) is 2.38. The Labute approximate surface area is 88.4 Å². The van der Waals surface area contributed by atoms with E-state index in [0.29, 0.717) is 6.61 Å². The van der Waals surface area contributed by atoms with Crippen LogP contribution in [0.5, 0.6) is 0 Å². The van der Waals surface area contributed by atoms with Gasteiger partial charge in [0.2, 0.25) is 0 Å². The Kier molecular flexibility index (Phi) is 3.22. The zero-order valence-corrected chi connectivity index (χ0v) is 8.52. The van der Waals surface area contributed by atoms with Crippen molar-refractivity contribution in [3.63, 3.8) is 0 Å². The largest absolute Gasteiger partial charge is 0.490 e. The van der Waals surface area contributed by atoms with E-state index < -0.39 is 0 Å². The molecule has 2 aliphatic heterocycles. The second-order valence-corrected chi connectivity index (χ2v) is 3.52. The van der Waals surface area contributed by atoms with Crippen LogP contribution >= 0.6 is 0 Å². The van der Waals surface area contributed by atoms with Gasteiger partial charge in [0.25, 0.3) is 5.88 Å². The van der Waals surface area contributed by atoms with E-state index in [4.69, 9.17) is 9.47 Å². The van der Waals surface area contributed by atoms with Crippen molar-refractivity contribution in [2.45, 2.75) is 19.3 Å². The quantitative estimate of drug-likeness (QED) is 0.659. The number of carbonyl (C=O) groups is 1. The van der Waals surface area contributed by atoms with Crippen molar-refractivity contribution in [3.05, 3.63) is 12.1 Å². The van der Waals surface area contributed by atoms with Crippen molar-refractivity contribution in [1.29, 1.82) is 0 Å². The number of piperidine rings is 1. The van der Waals surface area contributed by atoms with Crippen LogP contribution in [0.4, 0.5) is 4.79 Å². The van der Waals surface area contributed by atoms with E-state index in [1.165, 1.54) is 12.7 Å². The Morgan fingerprint density at radius 2 is 2.20 bits per heavy atom. The number of nitrogens with zero attached hydrogens (tertiary/aromatic N) is 2. The molecule has 0 aromatic carbocycles. The monoisotopic (exact) mass is 210 g/mol. The number of likely N-dealkylation sites (tertiary alicyclic amines) is 1. The molecule has 0 bridgehead atoms. The summed E-state index contributed by atoms with van der Waals surface area (Å²) in [5.41, 5.74) is 0. The average molecular weight is 210 g/mol. The van der Waals surface area contributed by atoms with Gasteiger partial charge in [0, 0.05) is 19.3 Å². The van der Waals surface area contributed by atoms with Gasteiger partial charge in [-0.25, -0.2) is 9.79 Å². The van der Waals surface area contributed by atoms with Crippen LogP contribution in [0.1, 0.15) is 19.3 Å². The zero-order valence-electron chi connectivity index (χ0n) is 8.52. The molecular formula is C10H14N2O3. The maximum absolute atomic E-state index is 11.6. The standard InChI is InChI=1S/C10H14N2O3/c13-10(12-5-2-1-3-6-12)15-9-8-14-7-4-11-9/h4,8H,1-3,5-7H2. The predicted molar refractivity (Wildman–Crippen MR) is 54.4 cm³/mol. The maximum atomic E-state index is 11.6. The number of hydrogen-bond acceptors (Lipinski definition) is 4. The van der Waals surface area contributed by atoms with Gasteiger partial charge in [0.15, 0.2) is 0 Å². The van der Waals surface area contributed by atoms with Crippen molar-refractivity contribution in [3.8, 4) is 0 Å². The number of aliphatic imine (C=N–C) groups is 1. The molecule has 0 N–H and O–H groups in total. The minimum absolute atomic E-state index is 0.233. The predicted octanol–water partition coefficient (Wildman–Crippen LogP) is 1.51. The summed E-state index contributed by atoms with van der Waals surface area (Å²) in [6.07, 6.45) is 5.89. The first-order valence-electron chi connectivity index (χ1n) is 5.17. The van der Waals surface area contributed by atoms with Crippen molar-refractivity contribution in [2.24, 2.45) is 4.99 Å². The first kappa shape index (κ1) is 10.0. The highest BCUT2D eigenvalue weighted by Crippen LogP contribution is 2.12. The lowest BCUT2D eigenvalue weighted by Crippen LogP contribution is -2.35. The molecular weight excluding hydrogens is 196 g/mol. The smallest absolute Gasteiger partial charge is 0.416 e. The molecule has 0 radical (unpaired) electrons. The van der Waals surface area contributed by atoms with E-state index in [1.54, 1.807) is 11.1 Å². The minimum atomic E-state index is -0.330. The molecule has 0 aromatic rings. The fraction of sp³-hybridized carbons (Fsp3) is 0.600. The lowest BCUT2D eigenvalue weighted by Gasteiger charge is -2.25. The Morgan fingerprint density at radius 3 is 2.87 bits per heavy atom. The molecule has 1 fully saturated rings. The first-order valence-corrected chi connectivity index (χ1v) is 5.17. The van der Waals surface area contributed by atoms with Gasteiger partial charge in [-0.1, -0.05) is 0 Å². The number of rotatable bonds is 1. The molecule has 0 unspecified atom stereocenters. The normalized spacial score (nSPS) is 20.5. The lowest BCUT2D eigenvalue weighted by atomic mass is 10.1. The van der Waals surface area contributed by atoms with Crippen LogP contribution in [0.2, 0.25) is 0 Å². The zero-order chi connectivity index (χ0) is 10.5. The molecule has 5 heteroatoms. The molecule has 0 aromatic heterocycles. The van der Waals surface area contributed by atoms with Crippen LogP contribution < -0.4 is 0 Å². The molecule has 82 valence electrons. The van der Waals surface area contributed by atoms with Gasteiger partial charge in [-0.2, -0.15) is 0 Å². The number of carbonyl (C=O) groups excluding carboxylic acids is 1. The molecule has 1 saturated heterocycles. The summed E-state index contributed by atoms with van der Waals surface area (Å²) in [4.78, 5) is 17.2. The summed E-state index contributed by atoms with van der Waals surface area (Å²) in [5.74, 6) is 0.233. The summed E-state index contributed by atoms with van der Waals surface area (Å²) >= 11 is 0. The Hall–Kier alpha value is -1.52. The Balaban J connectivity index is 1.85. The Bertz CT molecular complexity index is 293. The third-order valence-corrected chi connectivity index (χ3v) is 2.38. The van der Waals surface area contributed by atoms with Crippen LogP contribution in [0.25, 0.3) is 0 Å². The van der Waals surface area contributed by atoms with Crippen LogP contribution in [-0.2, 0) is 9.47 Å². The second kappa shape index (κ2) is 4.82. The fourth-order valence-electron chi connectivity index (χ4n) is 1.60. The molecule has 15 heavy (non-hydrogen) atoms. The molecule has 1 amide bonds. The highest BCUT2D eigenvalue weighted by atomic mass is 16.6. The van der Waals surface area contributed by atoms with Gasteiger partial charge in [-0.3, -0.25) is 0 Å². The van der Waals surface area contributed by atoms with Crippen molar-refractivity contribution in [1.82, 2.24) is 4.90 Å². The van der Waals surface area contributed by atoms with E-state index in [2.05, 4.69) is 4.99 Å². The average Bonchev–Trinajstić information content (AvgIpc) is 2.31. The van der Waals surface area contributed by atoms with E-state index in [-0.39, 0.29) is 12.0 Å². The maximum Gasteiger partial charge on any atom is 0.416 e. The highest BCUT2D eigenvalue weighted by molar-refractivity contribution is 5.69. The van der Waals surface area contributed by atoms with Gasteiger partial charge in [0.1, 0.15) is 12.9 Å². The number of hydrogen-bond donors (Lipinski definition) is 0. The molecule has 0 saturated carbocycles. The summed E-state index contributed by atoms with van der Waals surface area (Å²) in [6.45, 7) is 1.98. The minimum Gasteiger partial charge on any atom is -0.490 e. The van der Waals surface area contributed by atoms with Gasteiger partial charge in [-0.05, 0) is 19.3 Å². The molecule has 2 heterocycles. The van der Waals surface area contributed by atoms with Gasteiger partial charge in [0.05, 0.1) is 0 Å². The molecule has 2 aliphatic rings. The van der Waals surface area contributed by atoms with Gasteiger partial charge in [-0.15, -0.1) is 0 Å². The molecule has 0 atom stereocenters. The Morgan fingerprint density at radius 1 is 1.40 bits per heavy atom. The summed E-state index contributed by atoms with van der Waals surface area (Å²) in [5, 5.41) is 0. The van der Waals surface area contributed by atoms with Crippen molar-refractivity contribution >= 4 is 12.3 Å². The molecule has 5 nitrogen and oxygen atoms in total. The molecule has 0 aliphatic carbocycles. The van der Waals surface area contributed by atoms with E-state index in [1.807, 2.05) is 0 Å². The van der Waals surface area contributed by atoms with Crippen LogP contribution in [0, 0.1) is 0 Å². The number of amides is 1. The lowest BCUT2D eigenvalue weighted by molar-refractivity contribution is 0.114. The van der Waals surface area contributed by atoms with E-state index in [0.717, 1.165) is 25.9 Å². The van der Waals surface area contributed by atoms with E-state index in [9.17, 15) is 4.79 Å². The number of ether oxygens (including phenoxy) is 2. The highest BCUT2D eigenvalue weighted by Gasteiger charge is 2.19. The third kappa shape index (κ3) is 2.71. The van der Waals surface area contributed by atoms with Gasteiger partial charge < -0.3 is 14.4 Å². The van der Waals surface area contributed by atoms with Gasteiger partial charge >= 0.3 is 6.09 Å². The van der Waals surface area contributed by atoms with Crippen molar-refractivity contribution < 1.29 is 14.3 Å². The summed E-state index contributed by atoms with van der Waals surface area (Å²) < 4.78 is 10.0. The summed E-state index contributed by atoms with van der Waals surface area (Å²) in [6, 6.07) is 0. The SMILES string of the molecule is O=C(OC1=COCC=N1)N1CCCCC1. The summed E-state index contributed by atoms with van der Waals surface area (Å²) in [7, 11) is 0. The topological polar surface area (TPSA) is 51.1 Å². The molecule has 2 rings (SSSR count). The van der Waals surface area contributed by atoms with E-state index >= 15 is 0 Å². The van der Waals surface area contributed by atoms with Crippen LogP contribution in [0.3, 0.4) is 0 Å². The second-order valence-electron chi connectivity index (χ2n) is 3.52. The molecule has 0 spiro atoms. The van der Waals surface area contributed by atoms with Crippen molar-refractivity contribution in [2.75, 3.05) is 19.7 Å². The van der Waals surface area contributed by atoms with Crippen LogP contribution in [0.15, 0.2) is 17.1 Å².